The molecule has 29 heavy (non-hydrogen) atoms. The van der Waals surface area contributed by atoms with E-state index >= 15 is 0 Å². The summed E-state index contributed by atoms with van der Waals surface area (Å²) in [7, 11) is 0. The molecule has 2 aromatic carbocycles. The number of hydrogen-bond acceptors (Lipinski definition) is 3. The number of hydrogen-bond donors (Lipinski definition) is 0. The van der Waals surface area contributed by atoms with E-state index in [0.29, 0.717) is 27.5 Å². The van der Waals surface area contributed by atoms with Gasteiger partial charge in [0.05, 0.1) is 40.8 Å². The molecule has 1 aliphatic heterocycles. The molecule has 2 heterocycles. The van der Waals surface area contributed by atoms with Crippen LogP contribution in [0.1, 0.15) is 21.6 Å². The molecule has 0 radical (unpaired) electrons. The van der Waals surface area contributed by atoms with Crippen LogP contribution in [0.4, 0.5) is 13.2 Å². The average molecular weight is 417 g/mol. The molecule has 9 heteroatoms. The summed E-state index contributed by atoms with van der Waals surface area (Å²) < 4.78 is 40.0. The average Bonchev–Trinajstić information content (AvgIpc) is 3.18. The third-order valence-corrected chi connectivity index (χ3v) is 4.75. The number of carbonyl (C=O) groups excluding carboxylic acids is 1. The molecule has 0 aliphatic carbocycles. The van der Waals surface area contributed by atoms with Crippen molar-refractivity contribution >= 4 is 17.5 Å². The Labute approximate surface area is 168 Å². The fourth-order valence-corrected chi connectivity index (χ4v) is 3.50. The largest absolute Gasteiger partial charge is 0.406 e. The number of amides is 1. The fourth-order valence-electron chi connectivity index (χ4n) is 3.32. The van der Waals surface area contributed by atoms with Gasteiger partial charge in [-0.15, -0.1) is 0 Å². The van der Waals surface area contributed by atoms with Crippen molar-refractivity contribution in [2.45, 2.75) is 12.7 Å². The second-order valence-electron chi connectivity index (χ2n) is 6.53. The van der Waals surface area contributed by atoms with Crippen LogP contribution in [-0.4, -0.2) is 33.3 Å². The third kappa shape index (κ3) is 3.57. The topological polar surface area (TPSA) is 61.9 Å². The number of nitrogens with zero attached hydrogens (tertiary/aromatic N) is 4. The Hall–Kier alpha value is -3.31. The lowest BCUT2D eigenvalue weighted by Crippen LogP contribution is -2.34. The molecule has 0 saturated carbocycles. The minimum atomic E-state index is -4.50. The Kier molecular flexibility index (Phi) is 4.55. The van der Waals surface area contributed by atoms with E-state index in [0.717, 1.165) is 4.90 Å². The number of carbonyl (C=O) groups is 1. The maximum atomic E-state index is 12.8. The number of rotatable bonds is 3. The molecule has 0 atom stereocenters. The van der Waals surface area contributed by atoms with E-state index in [2.05, 4.69) is 5.10 Å². The van der Waals surface area contributed by atoms with Gasteiger partial charge in [0.25, 0.3) is 5.91 Å². The van der Waals surface area contributed by atoms with Crippen LogP contribution in [0.3, 0.4) is 0 Å². The van der Waals surface area contributed by atoms with Crippen LogP contribution >= 0.6 is 11.6 Å². The van der Waals surface area contributed by atoms with Gasteiger partial charge < -0.3 is 4.90 Å². The van der Waals surface area contributed by atoms with Crippen molar-refractivity contribution in [3.63, 3.8) is 0 Å². The van der Waals surface area contributed by atoms with Gasteiger partial charge in [-0.1, -0.05) is 29.8 Å². The van der Waals surface area contributed by atoms with Crippen LogP contribution in [0.15, 0.2) is 48.5 Å². The quantitative estimate of drug-likeness (QED) is 0.627. The van der Waals surface area contributed by atoms with Crippen molar-refractivity contribution in [1.29, 1.82) is 5.26 Å². The lowest BCUT2D eigenvalue weighted by molar-refractivity contribution is -0.141. The number of fused-ring (bicyclic) bond motifs is 1. The minimum Gasteiger partial charge on any atom is -0.323 e. The predicted octanol–water partition coefficient (Wildman–Crippen LogP) is 4.58. The van der Waals surface area contributed by atoms with Gasteiger partial charge in [-0.25, -0.2) is 4.68 Å². The molecule has 1 amide bonds. The lowest BCUT2D eigenvalue weighted by Gasteiger charge is -2.19. The number of benzene rings is 2. The molecule has 1 aliphatic rings. The molecule has 0 bridgehead atoms. The Morgan fingerprint density at radius 1 is 1.17 bits per heavy atom. The fraction of sp³-hybridized carbons (Fsp3) is 0.150. The van der Waals surface area contributed by atoms with E-state index in [9.17, 15) is 18.0 Å². The van der Waals surface area contributed by atoms with Gasteiger partial charge >= 0.3 is 6.18 Å². The SMILES string of the molecule is N#Cc1ccc(-c2c3c(nn2-c2cccc(Cl)c2)CN(CC(F)(F)F)C3=O)cc1. The van der Waals surface area contributed by atoms with Crippen LogP contribution in [0.25, 0.3) is 16.9 Å². The summed E-state index contributed by atoms with van der Waals surface area (Å²) in [5, 5.41) is 13.9. The van der Waals surface area contributed by atoms with E-state index in [1.807, 2.05) is 6.07 Å². The molecule has 0 fully saturated rings. The maximum absolute atomic E-state index is 12.8. The zero-order valence-corrected chi connectivity index (χ0v) is 15.5. The van der Waals surface area contributed by atoms with Gasteiger partial charge in [0.1, 0.15) is 6.54 Å². The first kappa shape index (κ1) is 19.0. The number of halogens is 4. The van der Waals surface area contributed by atoms with Gasteiger partial charge in [0.2, 0.25) is 0 Å². The van der Waals surface area contributed by atoms with Gasteiger partial charge in [0.15, 0.2) is 0 Å². The first-order chi connectivity index (χ1) is 13.8. The van der Waals surface area contributed by atoms with Gasteiger partial charge in [-0.3, -0.25) is 4.79 Å². The number of aromatic nitrogens is 2. The molecule has 0 saturated heterocycles. The molecule has 0 spiro atoms. The molecule has 5 nitrogen and oxygen atoms in total. The Bertz CT molecular complexity index is 1150. The van der Waals surface area contributed by atoms with E-state index in [1.165, 1.54) is 4.68 Å². The van der Waals surface area contributed by atoms with Crippen LogP contribution < -0.4 is 0 Å². The second kappa shape index (κ2) is 6.94. The number of alkyl halides is 3. The summed E-state index contributed by atoms with van der Waals surface area (Å²) in [6, 6.07) is 15.2. The third-order valence-electron chi connectivity index (χ3n) is 4.51. The smallest absolute Gasteiger partial charge is 0.323 e. The lowest BCUT2D eigenvalue weighted by atomic mass is 10.0. The van der Waals surface area contributed by atoms with Crippen LogP contribution in [0.2, 0.25) is 5.02 Å². The first-order valence-electron chi connectivity index (χ1n) is 8.51. The monoisotopic (exact) mass is 416 g/mol. The maximum Gasteiger partial charge on any atom is 0.406 e. The van der Waals surface area contributed by atoms with E-state index in [1.54, 1.807) is 48.5 Å². The highest BCUT2D eigenvalue weighted by Gasteiger charge is 2.41. The van der Waals surface area contributed by atoms with Gasteiger partial charge in [0, 0.05) is 10.6 Å². The zero-order chi connectivity index (χ0) is 20.8. The van der Waals surface area contributed by atoms with E-state index in [-0.39, 0.29) is 17.8 Å². The summed E-state index contributed by atoms with van der Waals surface area (Å²) in [4.78, 5) is 13.5. The molecule has 146 valence electrons. The second-order valence-corrected chi connectivity index (χ2v) is 6.96. The zero-order valence-electron chi connectivity index (χ0n) is 14.7. The number of nitriles is 1. The van der Waals surface area contributed by atoms with Crippen LogP contribution in [-0.2, 0) is 6.54 Å². The summed E-state index contributed by atoms with van der Waals surface area (Å²) in [6.45, 7) is -1.57. The standard InChI is InChI=1S/C20H12ClF3N4O/c21-14-2-1-3-15(8-14)28-18(13-6-4-12(9-25)5-7-13)17-16(26-28)10-27(19(17)29)11-20(22,23)24/h1-8H,10-11H2. The molecule has 1 aromatic heterocycles. The van der Waals surface area contributed by atoms with Crippen LogP contribution in [0.5, 0.6) is 0 Å². The van der Waals surface area contributed by atoms with Gasteiger partial charge in [-0.05, 0) is 30.3 Å². The van der Waals surface area contributed by atoms with Crippen LogP contribution in [0, 0.1) is 11.3 Å². The highest BCUT2D eigenvalue weighted by molar-refractivity contribution is 6.30. The predicted molar refractivity (Wildman–Crippen MR) is 99.5 cm³/mol. The highest BCUT2D eigenvalue weighted by Crippen LogP contribution is 2.36. The highest BCUT2D eigenvalue weighted by atomic mass is 35.5. The summed E-state index contributed by atoms with van der Waals surface area (Å²) >= 11 is 6.07. The minimum absolute atomic E-state index is 0.124. The molecule has 3 aromatic rings. The Balaban J connectivity index is 1.87. The molecule has 0 N–H and O–H groups in total. The van der Waals surface area contributed by atoms with E-state index in [4.69, 9.17) is 16.9 Å². The van der Waals surface area contributed by atoms with Gasteiger partial charge in [-0.2, -0.15) is 23.5 Å². The summed E-state index contributed by atoms with van der Waals surface area (Å²) in [5.41, 5.74) is 2.30. The van der Waals surface area contributed by atoms with Crippen molar-refractivity contribution in [2.75, 3.05) is 6.54 Å². The Morgan fingerprint density at radius 2 is 1.90 bits per heavy atom. The van der Waals surface area contributed by atoms with Crippen molar-refractivity contribution in [1.82, 2.24) is 14.7 Å². The molecule has 4 rings (SSSR count). The van der Waals surface area contributed by atoms with Crippen molar-refractivity contribution in [3.05, 3.63) is 70.4 Å². The first-order valence-corrected chi connectivity index (χ1v) is 8.89. The van der Waals surface area contributed by atoms with Crippen molar-refractivity contribution < 1.29 is 18.0 Å². The molecular formula is C20H12ClF3N4O. The Morgan fingerprint density at radius 3 is 2.52 bits per heavy atom. The summed E-state index contributed by atoms with van der Waals surface area (Å²) in [6.07, 6.45) is -4.50. The molecular weight excluding hydrogens is 405 g/mol. The molecule has 0 unspecified atom stereocenters. The van der Waals surface area contributed by atoms with Crippen molar-refractivity contribution in [3.8, 4) is 23.0 Å². The van der Waals surface area contributed by atoms with E-state index < -0.39 is 18.6 Å². The normalized spacial score (nSPS) is 13.5. The van der Waals surface area contributed by atoms with Crippen molar-refractivity contribution in [2.24, 2.45) is 0 Å². The summed E-state index contributed by atoms with van der Waals surface area (Å²) in [5.74, 6) is -0.732.